The third-order valence-corrected chi connectivity index (χ3v) is 3.91. The highest BCUT2D eigenvalue weighted by molar-refractivity contribution is 7.21. The predicted molar refractivity (Wildman–Crippen MR) is 76.1 cm³/mol. The zero-order valence-corrected chi connectivity index (χ0v) is 10.9. The number of thiazole rings is 1. The van der Waals surface area contributed by atoms with Gasteiger partial charge in [0.25, 0.3) is 5.69 Å². The Morgan fingerprint density at radius 1 is 1.25 bits per heavy atom. The van der Waals surface area contributed by atoms with Gasteiger partial charge < -0.3 is 5.73 Å². The van der Waals surface area contributed by atoms with Crippen LogP contribution in [-0.2, 0) is 0 Å². The van der Waals surface area contributed by atoms with Gasteiger partial charge >= 0.3 is 0 Å². The topological polar surface area (TPSA) is 82.0 Å². The molecule has 0 spiro atoms. The monoisotopic (exact) mass is 289 g/mol. The van der Waals surface area contributed by atoms with Crippen LogP contribution in [0.4, 0.5) is 15.8 Å². The highest BCUT2D eigenvalue weighted by Gasteiger charge is 2.15. The standard InChI is InChI=1S/C13H8FN3O2S/c14-8-2-4-12-10(6-8)16-13(20-12)7-1-3-9(15)11(5-7)17(18)19/h1-6H,15H2. The molecule has 3 rings (SSSR count). The van der Waals surface area contributed by atoms with Gasteiger partial charge in [-0.15, -0.1) is 11.3 Å². The maximum absolute atomic E-state index is 13.1. The first-order valence-corrected chi connectivity index (χ1v) is 6.46. The average Bonchev–Trinajstić information content (AvgIpc) is 2.81. The molecular formula is C13H8FN3O2S. The van der Waals surface area contributed by atoms with E-state index in [2.05, 4.69) is 4.98 Å². The molecule has 0 fully saturated rings. The van der Waals surface area contributed by atoms with E-state index in [1.54, 1.807) is 12.1 Å². The quantitative estimate of drug-likeness (QED) is 0.444. The smallest absolute Gasteiger partial charge is 0.292 e. The van der Waals surface area contributed by atoms with Crippen molar-refractivity contribution >= 4 is 32.9 Å². The number of rotatable bonds is 2. The first-order chi connectivity index (χ1) is 9.54. The van der Waals surface area contributed by atoms with Gasteiger partial charge in [-0.3, -0.25) is 10.1 Å². The SMILES string of the molecule is Nc1ccc(-c2nc3cc(F)ccc3s2)cc1[N+](=O)[O-]. The number of nitrogens with two attached hydrogens (primary N) is 1. The molecule has 1 aromatic heterocycles. The zero-order valence-electron chi connectivity index (χ0n) is 10.0. The number of fused-ring (bicyclic) bond motifs is 1. The van der Waals surface area contributed by atoms with Crippen LogP contribution in [0.25, 0.3) is 20.8 Å². The number of nitrogens with zero attached hydrogens (tertiary/aromatic N) is 2. The summed E-state index contributed by atoms with van der Waals surface area (Å²) in [5, 5.41) is 11.5. The van der Waals surface area contributed by atoms with Gasteiger partial charge in [-0.05, 0) is 24.3 Å². The maximum Gasteiger partial charge on any atom is 0.292 e. The van der Waals surface area contributed by atoms with Gasteiger partial charge in [0, 0.05) is 17.7 Å². The summed E-state index contributed by atoms with van der Waals surface area (Å²) in [6, 6.07) is 8.84. The number of benzene rings is 2. The Bertz CT molecular complexity index is 832. The summed E-state index contributed by atoms with van der Waals surface area (Å²) >= 11 is 1.34. The second-order valence-electron chi connectivity index (χ2n) is 4.16. The highest BCUT2D eigenvalue weighted by Crippen LogP contribution is 2.33. The van der Waals surface area contributed by atoms with Crippen LogP contribution >= 0.6 is 11.3 Å². The van der Waals surface area contributed by atoms with Crippen molar-refractivity contribution in [2.45, 2.75) is 0 Å². The van der Waals surface area contributed by atoms with E-state index in [1.807, 2.05) is 0 Å². The first kappa shape index (κ1) is 12.5. The zero-order chi connectivity index (χ0) is 14.3. The Kier molecular flexibility index (Phi) is 2.83. The molecule has 0 aliphatic heterocycles. The summed E-state index contributed by atoms with van der Waals surface area (Å²) in [4.78, 5) is 14.6. The number of hydrogen-bond donors (Lipinski definition) is 1. The van der Waals surface area contributed by atoms with Gasteiger partial charge in [0.1, 0.15) is 16.5 Å². The molecule has 0 aliphatic carbocycles. The van der Waals surface area contributed by atoms with Crippen molar-refractivity contribution in [2.24, 2.45) is 0 Å². The van der Waals surface area contributed by atoms with Crippen molar-refractivity contribution in [3.05, 3.63) is 52.3 Å². The number of nitro benzene ring substituents is 1. The van der Waals surface area contributed by atoms with Crippen LogP contribution in [-0.4, -0.2) is 9.91 Å². The number of halogens is 1. The Balaban J connectivity index is 2.15. The Morgan fingerprint density at radius 3 is 2.80 bits per heavy atom. The Morgan fingerprint density at radius 2 is 2.05 bits per heavy atom. The van der Waals surface area contributed by atoms with Crippen LogP contribution in [0, 0.1) is 15.9 Å². The Hall–Kier alpha value is -2.54. The largest absolute Gasteiger partial charge is 0.393 e. The molecule has 100 valence electrons. The van der Waals surface area contributed by atoms with Crippen molar-refractivity contribution in [1.82, 2.24) is 4.98 Å². The summed E-state index contributed by atoms with van der Waals surface area (Å²) < 4.78 is 14.0. The molecule has 0 amide bonds. The lowest BCUT2D eigenvalue weighted by atomic mass is 10.2. The second kappa shape index (κ2) is 4.53. The molecule has 3 aromatic rings. The van der Waals surface area contributed by atoms with Gasteiger partial charge in [0.05, 0.1) is 15.1 Å². The van der Waals surface area contributed by atoms with Gasteiger partial charge in [-0.2, -0.15) is 0 Å². The Labute approximate surface area is 116 Å². The van der Waals surface area contributed by atoms with Crippen LogP contribution in [0.1, 0.15) is 0 Å². The third-order valence-electron chi connectivity index (χ3n) is 2.82. The summed E-state index contributed by atoms with van der Waals surface area (Å²) in [5.74, 6) is -0.363. The minimum atomic E-state index is -0.536. The molecule has 2 aromatic carbocycles. The van der Waals surface area contributed by atoms with E-state index >= 15 is 0 Å². The van der Waals surface area contributed by atoms with Gasteiger partial charge in [-0.25, -0.2) is 9.37 Å². The van der Waals surface area contributed by atoms with E-state index in [0.717, 1.165) is 4.70 Å². The van der Waals surface area contributed by atoms with E-state index < -0.39 is 4.92 Å². The lowest BCUT2D eigenvalue weighted by molar-refractivity contribution is -0.383. The fourth-order valence-electron chi connectivity index (χ4n) is 1.86. The van der Waals surface area contributed by atoms with Gasteiger partial charge in [-0.1, -0.05) is 0 Å². The van der Waals surface area contributed by atoms with Crippen molar-refractivity contribution in [2.75, 3.05) is 5.73 Å². The highest BCUT2D eigenvalue weighted by atomic mass is 32.1. The van der Waals surface area contributed by atoms with Gasteiger partial charge in [0.15, 0.2) is 0 Å². The number of nitro groups is 1. The van der Waals surface area contributed by atoms with Crippen molar-refractivity contribution in [3.63, 3.8) is 0 Å². The van der Waals surface area contributed by atoms with E-state index in [-0.39, 0.29) is 17.2 Å². The molecule has 0 saturated heterocycles. The molecule has 0 saturated carbocycles. The van der Waals surface area contributed by atoms with Crippen molar-refractivity contribution < 1.29 is 9.31 Å². The van der Waals surface area contributed by atoms with Crippen molar-refractivity contribution in [3.8, 4) is 10.6 Å². The molecule has 0 unspecified atom stereocenters. The molecule has 0 atom stereocenters. The lowest BCUT2D eigenvalue weighted by Gasteiger charge is -1.99. The molecule has 0 aliphatic rings. The summed E-state index contributed by atoms with van der Waals surface area (Å²) in [5.41, 5.74) is 6.62. The minimum absolute atomic E-state index is 0.103. The summed E-state index contributed by atoms with van der Waals surface area (Å²) in [6.07, 6.45) is 0. The second-order valence-corrected chi connectivity index (χ2v) is 5.19. The van der Waals surface area contributed by atoms with E-state index in [9.17, 15) is 14.5 Å². The molecule has 1 heterocycles. The maximum atomic E-state index is 13.1. The van der Waals surface area contributed by atoms with Crippen LogP contribution in [0.5, 0.6) is 0 Å². The van der Waals surface area contributed by atoms with Crippen LogP contribution in [0.3, 0.4) is 0 Å². The van der Waals surface area contributed by atoms with E-state index in [0.29, 0.717) is 16.1 Å². The fourth-order valence-corrected chi connectivity index (χ4v) is 2.80. The summed E-state index contributed by atoms with van der Waals surface area (Å²) in [7, 11) is 0. The van der Waals surface area contributed by atoms with E-state index in [4.69, 9.17) is 5.73 Å². The van der Waals surface area contributed by atoms with Crippen molar-refractivity contribution in [1.29, 1.82) is 0 Å². The molecular weight excluding hydrogens is 281 g/mol. The number of nitrogen functional groups attached to an aromatic ring is 1. The normalized spacial score (nSPS) is 10.8. The van der Waals surface area contributed by atoms with Crippen LogP contribution in [0.2, 0.25) is 0 Å². The van der Waals surface area contributed by atoms with Crippen LogP contribution < -0.4 is 5.73 Å². The molecule has 5 nitrogen and oxygen atoms in total. The first-order valence-electron chi connectivity index (χ1n) is 5.65. The number of anilines is 1. The average molecular weight is 289 g/mol. The minimum Gasteiger partial charge on any atom is -0.393 e. The van der Waals surface area contributed by atoms with E-state index in [1.165, 1.54) is 35.6 Å². The fraction of sp³-hybridized carbons (Fsp3) is 0. The summed E-state index contributed by atoms with van der Waals surface area (Å²) in [6.45, 7) is 0. The molecule has 7 heteroatoms. The van der Waals surface area contributed by atoms with Crippen LogP contribution in [0.15, 0.2) is 36.4 Å². The molecule has 0 bridgehead atoms. The molecule has 0 radical (unpaired) electrons. The third kappa shape index (κ3) is 2.08. The molecule has 20 heavy (non-hydrogen) atoms. The number of hydrogen-bond acceptors (Lipinski definition) is 5. The number of aromatic nitrogens is 1. The predicted octanol–water partition coefficient (Wildman–Crippen LogP) is 3.59. The van der Waals surface area contributed by atoms with Gasteiger partial charge in [0.2, 0.25) is 0 Å². The molecule has 2 N–H and O–H groups in total. The lowest BCUT2D eigenvalue weighted by Crippen LogP contribution is -1.95.